The monoisotopic (exact) mass is 396 g/mol. The predicted octanol–water partition coefficient (Wildman–Crippen LogP) is 3.12. The molecule has 0 aliphatic rings. The maximum atomic E-state index is 12.6. The van der Waals surface area contributed by atoms with E-state index in [1.54, 1.807) is 37.6 Å². The maximum absolute atomic E-state index is 12.6. The first-order chi connectivity index (χ1) is 13.8. The van der Waals surface area contributed by atoms with Gasteiger partial charge in [-0.15, -0.1) is 0 Å². The lowest BCUT2D eigenvalue weighted by molar-refractivity contribution is -0.134. The lowest BCUT2D eigenvalue weighted by Gasteiger charge is -2.18. The van der Waals surface area contributed by atoms with Crippen molar-refractivity contribution in [3.05, 3.63) is 54.1 Å². The molecule has 2 N–H and O–H groups in total. The molecule has 2 aromatic carbocycles. The molecule has 1 atom stereocenters. The highest BCUT2D eigenvalue weighted by Gasteiger charge is 2.29. The molecule has 2 aromatic rings. The molecule has 1 unspecified atom stereocenters. The third-order valence-electron chi connectivity index (χ3n) is 4.39. The molecule has 0 aliphatic heterocycles. The Morgan fingerprint density at radius 2 is 1.62 bits per heavy atom. The Kier molecular flexibility index (Phi) is 7.77. The van der Waals surface area contributed by atoms with Crippen molar-refractivity contribution in [3.63, 3.8) is 0 Å². The zero-order valence-corrected chi connectivity index (χ0v) is 17.5. The van der Waals surface area contributed by atoms with Crippen LogP contribution in [0.15, 0.2) is 53.6 Å². The molecule has 0 aliphatic carbocycles. The van der Waals surface area contributed by atoms with Crippen LogP contribution in [-0.2, 0) is 9.59 Å². The molecule has 0 spiro atoms. The average Bonchev–Trinajstić information content (AvgIpc) is 2.68. The van der Waals surface area contributed by atoms with Gasteiger partial charge in [-0.05, 0) is 47.9 Å². The topological polar surface area (TPSA) is 83.0 Å². The van der Waals surface area contributed by atoms with Gasteiger partial charge in [0.15, 0.2) is 0 Å². The van der Waals surface area contributed by atoms with Crippen LogP contribution in [0.2, 0.25) is 0 Å². The normalized spacial score (nSPS) is 11.9. The van der Waals surface area contributed by atoms with E-state index < -0.39 is 11.8 Å². The van der Waals surface area contributed by atoms with Gasteiger partial charge < -0.3 is 15.0 Å². The Labute approximate surface area is 171 Å². The second kappa shape index (κ2) is 10.3. The first kappa shape index (κ1) is 21.9. The third-order valence-corrected chi connectivity index (χ3v) is 4.39. The fraction of sp³-hybridized carbons (Fsp3) is 0.318. The number of benzene rings is 2. The number of carbonyl (C=O) groups is 2. The first-order valence-corrected chi connectivity index (χ1v) is 9.37. The molecule has 0 radical (unpaired) electrons. The molecular formula is C22H28N4O3. The van der Waals surface area contributed by atoms with Crippen LogP contribution in [0.1, 0.15) is 19.4 Å². The molecule has 0 bridgehead atoms. The zero-order chi connectivity index (χ0) is 21.4. The van der Waals surface area contributed by atoms with Crippen molar-refractivity contribution in [3.8, 4) is 5.75 Å². The van der Waals surface area contributed by atoms with Crippen LogP contribution in [-0.4, -0.2) is 39.2 Å². The molecule has 2 amide bonds. The minimum absolute atomic E-state index is 0.192. The van der Waals surface area contributed by atoms with Crippen LogP contribution in [0.5, 0.6) is 5.75 Å². The van der Waals surface area contributed by atoms with Gasteiger partial charge in [0, 0.05) is 25.5 Å². The number of nitrogens with zero attached hydrogens (tertiary/aromatic N) is 2. The highest BCUT2D eigenvalue weighted by Crippen LogP contribution is 2.18. The van der Waals surface area contributed by atoms with Crippen LogP contribution >= 0.6 is 0 Å². The zero-order valence-electron chi connectivity index (χ0n) is 17.5. The summed E-state index contributed by atoms with van der Waals surface area (Å²) in [6.07, 6.45) is 1.55. The van der Waals surface area contributed by atoms with Crippen molar-refractivity contribution < 1.29 is 14.3 Å². The van der Waals surface area contributed by atoms with E-state index in [0.29, 0.717) is 11.4 Å². The van der Waals surface area contributed by atoms with Gasteiger partial charge in [0.2, 0.25) is 5.91 Å². The highest BCUT2D eigenvalue weighted by molar-refractivity contribution is 6.06. The number of nitrogens with one attached hydrogen (secondary N) is 2. The SMILES string of the molecule is COc1ccc(NC(=O)C(C(=O)NN=Cc2ccc(N(C)C)cc2)C(C)C)cc1. The quantitative estimate of drug-likeness (QED) is 0.408. The van der Waals surface area contributed by atoms with Gasteiger partial charge in [0.25, 0.3) is 5.91 Å². The smallest absolute Gasteiger partial charge is 0.252 e. The number of carbonyl (C=O) groups excluding carboxylic acids is 2. The molecule has 154 valence electrons. The molecule has 7 heteroatoms. The van der Waals surface area contributed by atoms with Crippen molar-refractivity contribution in [1.82, 2.24) is 5.43 Å². The van der Waals surface area contributed by atoms with Crippen LogP contribution in [0.4, 0.5) is 11.4 Å². The van der Waals surface area contributed by atoms with Crippen molar-refractivity contribution in [2.24, 2.45) is 16.9 Å². The van der Waals surface area contributed by atoms with Gasteiger partial charge in [-0.3, -0.25) is 9.59 Å². The van der Waals surface area contributed by atoms with Crippen molar-refractivity contribution >= 4 is 29.4 Å². The van der Waals surface area contributed by atoms with E-state index in [4.69, 9.17) is 4.74 Å². The highest BCUT2D eigenvalue weighted by atomic mass is 16.5. The Hall–Kier alpha value is -3.35. The summed E-state index contributed by atoms with van der Waals surface area (Å²) >= 11 is 0. The standard InChI is InChI=1S/C22H28N4O3/c1-15(2)20(21(27)24-17-8-12-19(29-5)13-9-17)22(28)25-23-14-16-6-10-18(11-7-16)26(3)4/h6-15,20H,1-5H3,(H,24,27)(H,25,28). The van der Waals surface area contributed by atoms with E-state index in [0.717, 1.165) is 11.3 Å². The predicted molar refractivity (Wildman–Crippen MR) is 116 cm³/mol. The van der Waals surface area contributed by atoms with Gasteiger partial charge in [-0.2, -0.15) is 5.10 Å². The number of hydrogen-bond donors (Lipinski definition) is 2. The molecule has 0 fully saturated rings. The number of ether oxygens (including phenoxy) is 1. The van der Waals surface area contributed by atoms with E-state index in [2.05, 4.69) is 15.8 Å². The van der Waals surface area contributed by atoms with Crippen LogP contribution in [0.3, 0.4) is 0 Å². The van der Waals surface area contributed by atoms with Gasteiger partial charge in [-0.1, -0.05) is 26.0 Å². The van der Waals surface area contributed by atoms with Gasteiger partial charge in [0.1, 0.15) is 11.7 Å². The summed E-state index contributed by atoms with van der Waals surface area (Å²) in [6.45, 7) is 3.64. The molecule has 7 nitrogen and oxygen atoms in total. The second-order valence-electron chi connectivity index (χ2n) is 7.16. The van der Waals surface area contributed by atoms with E-state index in [-0.39, 0.29) is 11.8 Å². The summed E-state index contributed by atoms with van der Waals surface area (Å²) in [5, 5.41) is 6.77. The summed E-state index contributed by atoms with van der Waals surface area (Å²) in [5.74, 6) is -1.21. The average molecular weight is 396 g/mol. The van der Waals surface area contributed by atoms with Crippen LogP contribution < -0.4 is 20.4 Å². The molecular weight excluding hydrogens is 368 g/mol. The van der Waals surface area contributed by atoms with Gasteiger partial charge >= 0.3 is 0 Å². The van der Waals surface area contributed by atoms with E-state index in [1.807, 2.05) is 57.1 Å². The summed E-state index contributed by atoms with van der Waals surface area (Å²) < 4.78 is 5.10. The number of methoxy groups -OCH3 is 1. The Morgan fingerprint density at radius 1 is 1.00 bits per heavy atom. The van der Waals surface area contributed by atoms with E-state index >= 15 is 0 Å². The maximum Gasteiger partial charge on any atom is 0.252 e. The second-order valence-corrected chi connectivity index (χ2v) is 7.16. The fourth-order valence-electron chi connectivity index (χ4n) is 2.72. The summed E-state index contributed by atoms with van der Waals surface area (Å²) in [4.78, 5) is 27.2. The summed E-state index contributed by atoms with van der Waals surface area (Å²) in [6, 6.07) is 14.7. The third kappa shape index (κ3) is 6.34. The number of rotatable bonds is 8. The summed E-state index contributed by atoms with van der Waals surface area (Å²) in [7, 11) is 5.50. The Morgan fingerprint density at radius 3 is 2.14 bits per heavy atom. The number of amides is 2. The Bertz CT molecular complexity index is 843. The van der Waals surface area contributed by atoms with Crippen molar-refractivity contribution in [2.45, 2.75) is 13.8 Å². The minimum Gasteiger partial charge on any atom is -0.497 e. The molecule has 0 saturated heterocycles. The van der Waals surface area contributed by atoms with Crippen molar-refractivity contribution in [1.29, 1.82) is 0 Å². The first-order valence-electron chi connectivity index (χ1n) is 9.37. The molecule has 0 aromatic heterocycles. The van der Waals surface area contributed by atoms with Crippen molar-refractivity contribution in [2.75, 3.05) is 31.4 Å². The van der Waals surface area contributed by atoms with Gasteiger partial charge in [0.05, 0.1) is 13.3 Å². The van der Waals surface area contributed by atoms with Crippen LogP contribution in [0, 0.1) is 11.8 Å². The molecule has 0 heterocycles. The number of anilines is 2. The lowest BCUT2D eigenvalue weighted by Crippen LogP contribution is -2.39. The summed E-state index contributed by atoms with van der Waals surface area (Å²) in [5.41, 5.74) is 4.99. The van der Waals surface area contributed by atoms with E-state index in [1.165, 1.54) is 0 Å². The fourth-order valence-corrected chi connectivity index (χ4v) is 2.72. The van der Waals surface area contributed by atoms with Gasteiger partial charge in [-0.25, -0.2) is 5.43 Å². The molecule has 29 heavy (non-hydrogen) atoms. The number of hydrazone groups is 1. The largest absolute Gasteiger partial charge is 0.497 e. The lowest BCUT2D eigenvalue weighted by atomic mass is 9.94. The molecule has 0 saturated carbocycles. The minimum atomic E-state index is -0.870. The van der Waals surface area contributed by atoms with Crippen LogP contribution in [0.25, 0.3) is 0 Å². The molecule has 2 rings (SSSR count). The number of hydrogen-bond acceptors (Lipinski definition) is 5. The Balaban J connectivity index is 1.99. The van der Waals surface area contributed by atoms with E-state index in [9.17, 15) is 9.59 Å².